The third-order valence-corrected chi connectivity index (χ3v) is 12.4. The fraction of sp³-hybridized carbons (Fsp3) is 0. The number of hydrogen-bond donors (Lipinski definition) is 0. The van der Waals surface area contributed by atoms with Crippen LogP contribution in [0.2, 0.25) is 0 Å². The summed E-state index contributed by atoms with van der Waals surface area (Å²) in [5.74, 6) is 1.95. The van der Waals surface area contributed by atoms with Crippen LogP contribution in [0.5, 0.6) is 0 Å². The first kappa shape index (κ1) is 31.9. The van der Waals surface area contributed by atoms with E-state index in [-0.39, 0.29) is 0 Å². The molecule has 266 valence electrons. The first-order valence-electron chi connectivity index (χ1n) is 19.1. The molecule has 0 atom stereocenters. The lowest BCUT2D eigenvalue weighted by atomic mass is 10.0. The minimum atomic E-state index is 0.648. The van der Waals surface area contributed by atoms with Gasteiger partial charge in [0.2, 0.25) is 0 Å². The average molecular weight is 746 g/mol. The van der Waals surface area contributed by atoms with Gasteiger partial charge in [-0.05, 0) is 53.2 Å². The Labute approximate surface area is 331 Å². The van der Waals surface area contributed by atoms with Gasteiger partial charge in [-0.2, -0.15) is 0 Å². The number of rotatable bonds is 5. The molecule has 6 heteroatoms. The minimum Gasteiger partial charge on any atom is -0.307 e. The fourth-order valence-electron chi connectivity index (χ4n) is 8.70. The van der Waals surface area contributed by atoms with Gasteiger partial charge >= 0.3 is 0 Å². The van der Waals surface area contributed by atoms with Crippen LogP contribution in [-0.2, 0) is 0 Å². The summed E-state index contributed by atoms with van der Waals surface area (Å²) in [5, 5.41) is 7.21. The number of aromatic nitrogens is 5. The zero-order valence-corrected chi connectivity index (χ0v) is 31.4. The van der Waals surface area contributed by atoms with E-state index in [0.29, 0.717) is 17.5 Å². The van der Waals surface area contributed by atoms with Crippen molar-refractivity contribution >= 4 is 75.1 Å². The summed E-state index contributed by atoms with van der Waals surface area (Å²) < 4.78 is 7.36. The molecule has 8 aromatic carbocycles. The molecule has 0 amide bonds. The highest BCUT2D eigenvalue weighted by Crippen LogP contribution is 2.48. The van der Waals surface area contributed by atoms with Gasteiger partial charge in [-0.25, -0.2) is 15.0 Å². The molecule has 5 nitrogen and oxygen atoms in total. The van der Waals surface area contributed by atoms with E-state index in [1.54, 1.807) is 0 Å². The highest BCUT2D eigenvalue weighted by molar-refractivity contribution is 7.26. The van der Waals surface area contributed by atoms with E-state index in [9.17, 15) is 0 Å². The van der Waals surface area contributed by atoms with Crippen molar-refractivity contribution in [3.63, 3.8) is 0 Å². The van der Waals surface area contributed by atoms with E-state index >= 15 is 0 Å². The molecule has 0 bridgehead atoms. The van der Waals surface area contributed by atoms with E-state index in [0.717, 1.165) is 39.0 Å². The molecule has 0 N–H and O–H groups in total. The molecule has 0 saturated heterocycles. The van der Waals surface area contributed by atoms with Gasteiger partial charge in [0.1, 0.15) is 0 Å². The number of benzene rings is 8. The molecule has 4 aromatic heterocycles. The van der Waals surface area contributed by atoms with Gasteiger partial charge in [-0.1, -0.05) is 146 Å². The number of nitrogens with zero attached hydrogens (tertiary/aromatic N) is 5. The van der Waals surface area contributed by atoms with Crippen LogP contribution >= 0.6 is 11.3 Å². The van der Waals surface area contributed by atoms with E-state index in [1.807, 2.05) is 47.7 Å². The highest BCUT2D eigenvalue weighted by Gasteiger charge is 2.26. The predicted octanol–water partition coefficient (Wildman–Crippen LogP) is 13.4. The van der Waals surface area contributed by atoms with Crippen LogP contribution in [0.15, 0.2) is 188 Å². The topological polar surface area (TPSA) is 48.5 Å². The van der Waals surface area contributed by atoms with Crippen LogP contribution in [0.25, 0.3) is 109 Å². The third-order valence-electron chi connectivity index (χ3n) is 11.2. The molecule has 0 radical (unpaired) electrons. The predicted molar refractivity (Wildman–Crippen MR) is 238 cm³/mol. The van der Waals surface area contributed by atoms with Crippen LogP contribution in [0.3, 0.4) is 0 Å². The van der Waals surface area contributed by atoms with Crippen LogP contribution in [0, 0.1) is 0 Å². The second-order valence-corrected chi connectivity index (χ2v) is 15.4. The Morgan fingerprint density at radius 1 is 0.386 bits per heavy atom. The van der Waals surface area contributed by atoms with E-state index in [1.165, 1.54) is 52.9 Å². The van der Waals surface area contributed by atoms with Gasteiger partial charge < -0.3 is 9.13 Å². The van der Waals surface area contributed by atoms with Gasteiger partial charge in [-0.15, -0.1) is 11.3 Å². The van der Waals surface area contributed by atoms with Crippen LogP contribution in [0.4, 0.5) is 0 Å². The molecule has 0 aliphatic rings. The van der Waals surface area contributed by atoms with Crippen molar-refractivity contribution in [1.29, 1.82) is 0 Å². The van der Waals surface area contributed by atoms with E-state index in [4.69, 9.17) is 15.0 Å². The SMILES string of the molecule is c1ccc(-c2nc(-c3ccccc3)nc(-c3ccc(-n4c5ccccc5c5c4c4c6ccccc6ccc4n5-c4ccccc4)c4sc5ccccc5c34)n2)cc1. The van der Waals surface area contributed by atoms with E-state index < -0.39 is 0 Å². The minimum absolute atomic E-state index is 0.648. The monoisotopic (exact) mass is 745 g/mol. The molecule has 0 aliphatic carbocycles. The van der Waals surface area contributed by atoms with Crippen molar-refractivity contribution < 1.29 is 0 Å². The Bertz CT molecular complexity index is 3450. The van der Waals surface area contributed by atoms with Crippen molar-refractivity contribution in [3.8, 4) is 45.5 Å². The second kappa shape index (κ2) is 12.6. The molecular weight excluding hydrogens is 715 g/mol. The van der Waals surface area contributed by atoms with Gasteiger partial charge in [0, 0.05) is 48.6 Å². The van der Waals surface area contributed by atoms with Crippen LogP contribution in [-0.4, -0.2) is 24.1 Å². The molecule has 4 heterocycles. The average Bonchev–Trinajstić information content (AvgIpc) is 3.95. The van der Waals surface area contributed by atoms with Crippen LogP contribution in [0.1, 0.15) is 0 Å². The Balaban J connectivity index is 1.22. The van der Waals surface area contributed by atoms with Crippen LogP contribution < -0.4 is 0 Å². The first-order chi connectivity index (χ1) is 28.3. The fourth-order valence-corrected chi connectivity index (χ4v) is 9.93. The molecule has 0 saturated carbocycles. The molecule has 12 rings (SSSR count). The Morgan fingerprint density at radius 2 is 0.982 bits per heavy atom. The Morgan fingerprint density at radius 3 is 1.72 bits per heavy atom. The van der Waals surface area contributed by atoms with Crippen molar-refractivity contribution in [1.82, 2.24) is 24.1 Å². The molecule has 0 aliphatic heterocycles. The largest absolute Gasteiger partial charge is 0.307 e. The van der Waals surface area contributed by atoms with Gasteiger partial charge in [-0.3, -0.25) is 0 Å². The lowest BCUT2D eigenvalue weighted by Crippen LogP contribution is -2.01. The summed E-state index contributed by atoms with van der Waals surface area (Å²) in [6.45, 7) is 0. The maximum atomic E-state index is 5.21. The lowest BCUT2D eigenvalue weighted by Gasteiger charge is -2.14. The molecular formula is C51H31N5S. The third kappa shape index (κ3) is 4.84. The standard InChI is InChI=1S/C51H31N5S/c1-4-17-33(18-5-1)49-52-50(34-19-6-2-7-20-34)54-51(53-49)39-29-31-42(48-44(39)38-25-13-15-27-43(38)57-48)56-40-26-14-12-24-37(40)46-47(56)45-36-23-11-10-16-32(36)28-30-41(45)55(46)35-21-8-3-9-22-35/h1-31H. The van der Waals surface area contributed by atoms with Crippen molar-refractivity contribution in [2.45, 2.75) is 0 Å². The molecule has 0 unspecified atom stereocenters. The number of hydrogen-bond acceptors (Lipinski definition) is 4. The normalized spacial score (nSPS) is 11.9. The Hall–Kier alpha value is -7.41. The van der Waals surface area contributed by atoms with Gasteiger partial charge in [0.25, 0.3) is 0 Å². The number of para-hydroxylation sites is 2. The zero-order valence-electron chi connectivity index (χ0n) is 30.5. The Kier molecular flexibility index (Phi) is 7.03. The van der Waals surface area contributed by atoms with Gasteiger partial charge in [0.05, 0.1) is 32.5 Å². The first-order valence-corrected chi connectivity index (χ1v) is 19.9. The summed E-state index contributed by atoms with van der Waals surface area (Å²) >= 11 is 1.83. The maximum absolute atomic E-state index is 5.21. The van der Waals surface area contributed by atoms with Crippen molar-refractivity contribution in [3.05, 3.63) is 188 Å². The number of fused-ring (bicyclic) bond motifs is 10. The number of thiophene rings is 1. The van der Waals surface area contributed by atoms with Crippen molar-refractivity contribution in [2.75, 3.05) is 0 Å². The summed E-state index contributed by atoms with van der Waals surface area (Å²) in [7, 11) is 0. The quantitative estimate of drug-likeness (QED) is 0.176. The highest BCUT2D eigenvalue weighted by atomic mass is 32.1. The smallest absolute Gasteiger partial charge is 0.164 e. The summed E-state index contributed by atoms with van der Waals surface area (Å²) in [4.78, 5) is 15.4. The van der Waals surface area contributed by atoms with Crippen molar-refractivity contribution in [2.24, 2.45) is 0 Å². The zero-order chi connectivity index (χ0) is 37.5. The molecule has 57 heavy (non-hydrogen) atoms. The summed E-state index contributed by atoms with van der Waals surface area (Å²) in [5.41, 5.74) is 9.86. The molecule has 0 fully saturated rings. The maximum Gasteiger partial charge on any atom is 0.164 e. The summed E-state index contributed by atoms with van der Waals surface area (Å²) in [6, 6.07) is 66.5. The molecule has 0 spiro atoms. The second-order valence-electron chi connectivity index (χ2n) is 14.4. The van der Waals surface area contributed by atoms with Gasteiger partial charge in [0.15, 0.2) is 17.5 Å². The lowest BCUT2D eigenvalue weighted by molar-refractivity contribution is 1.08. The van der Waals surface area contributed by atoms with E-state index in [2.05, 4.69) is 161 Å². The molecule has 12 aromatic rings. The summed E-state index contributed by atoms with van der Waals surface area (Å²) in [6.07, 6.45) is 0.